The SMILES string of the molecule is CC/C=C\C/C=C\C/C=C\C/C=C\C/C=C\C/C=C\C/C=C\C/C=C\CCCCCCCCC(=O)OCC(COC(=O)CCCCCCC/C=C\C/C=C\CCCCCC)OC(=O)CCCCCCCCC/C=C\CCCCCCCC. The average molecular weight is 1140 g/mol. The lowest BCUT2D eigenvalue weighted by Crippen LogP contribution is -2.30. The fourth-order valence-corrected chi connectivity index (χ4v) is 9.25. The van der Waals surface area contributed by atoms with Crippen molar-refractivity contribution in [2.75, 3.05) is 13.2 Å². The van der Waals surface area contributed by atoms with Gasteiger partial charge in [0.1, 0.15) is 13.2 Å². The lowest BCUT2D eigenvalue weighted by Gasteiger charge is -2.18. The molecule has 0 radical (unpaired) electrons. The highest BCUT2D eigenvalue weighted by molar-refractivity contribution is 5.71. The van der Waals surface area contributed by atoms with Gasteiger partial charge in [-0.15, -0.1) is 0 Å². The predicted octanol–water partition coefficient (Wildman–Crippen LogP) is 23.7. The Balaban J connectivity index is 4.38. The van der Waals surface area contributed by atoms with Crippen LogP contribution in [0.5, 0.6) is 0 Å². The van der Waals surface area contributed by atoms with Gasteiger partial charge in [-0.25, -0.2) is 0 Å². The number of hydrogen-bond acceptors (Lipinski definition) is 6. The third kappa shape index (κ3) is 66.4. The molecular weight excluding hydrogens is 1010 g/mol. The number of esters is 3. The van der Waals surface area contributed by atoms with Crippen molar-refractivity contribution >= 4 is 17.9 Å². The van der Waals surface area contributed by atoms with Crippen LogP contribution in [-0.2, 0) is 28.6 Å². The molecule has 1 unspecified atom stereocenters. The first-order chi connectivity index (χ1) is 40.5. The Kier molecular flexibility index (Phi) is 65.3. The summed E-state index contributed by atoms with van der Waals surface area (Å²) >= 11 is 0. The molecule has 466 valence electrons. The summed E-state index contributed by atoms with van der Waals surface area (Å²) in [7, 11) is 0. The molecule has 0 heterocycles. The molecule has 0 saturated heterocycles. The fourth-order valence-electron chi connectivity index (χ4n) is 9.25. The van der Waals surface area contributed by atoms with Crippen molar-refractivity contribution in [1.29, 1.82) is 0 Å². The standard InChI is InChI=1S/C76H126O6/c1-4-7-10-13-16-19-22-25-28-31-32-33-34-35-36-37-38-39-40-41-42-43-44-46-48-51-54-57-60-63-66-69-75(78)81-72-73(71-80-74(77)68-65-62-59-56-53-50-47-30-27-24-21-18-15-12-9-6-3)82-76(79)70-67-64-61-58-55-52-49-45-29-26-23-20-17-14-11-8-5-2/h7,10,16,19,21,24-26,28-30,32-33,35-36,38-39,41-42,44,46-47,73H,4-6,8-9,11-15,17-18,20,22-23,27,31,34,37,40,43,45,48-72H2,1-3H3/b10-7-,19-16-,24-21-,28-25-,29-26-,33-32-,36-35-,39-38-,42-41-,46-44-,47-30-. The number of hydrogen-bond donors (Lipinski definition) is 0. The average Bonchev–Trinajstić information content (AvgIpc) is 3.48. The Hall–Kier alpha value is -4.45. The molecule has 0 bridgehead atoms. The van der Waals surface area contributed by atoms with E-state index in [9.17, 15) is 14.4 Å². The van der Waals surface area contributed by atoms with Crippen LogP contribution in [0.2, 0.25) is 0 Å². The van der Waals surface area contributed by atoms with E-state index < -0.39 is 6.10 Å². The smallest absolute Gasteiger partial charge is 0.306 e. The summed E-state index contributed by atoms with van der Waals surface area (Å²) in [4.78, 5) is 38.4. The van der Waals surface area contributed by atoms with Gasteiger partial charge in [-0.1, -0.05) is 283 Å². The molecule has 0 aliphatic rings. The Morgan fingerprint density at radius 1 is 0.256 bits per heavy atom. The summed E-state index contributed by atoms with van der Waals surface area (Å²) in [5.41, 5.74) is 0. The third-order valence-corrected chi connectivity index (χ3v) is 14.4. The maximum absolute atomic E-state index is 12.9. The molecule has 0 aliphatic carbocycles. The van der Waals surface area contributed by atoms with Gasteiger partial charge >= 0.3 is 17.9 Å². The summed E-state index contributed by atoms with van der Waals surface area (Å²) in [5, 5.41) is 0. The molecule has 6 nitrogen and oxygen atoms in total. The van der Waals surface area contributed by atoms with E-state index in [0.717, 1.165) is 148 Å². The highest BCUT2D eigenvalue weighted by atomic mass is 16.6. The second kappa shape index (κ2) is 69.0. The zero-order chi connectivity index (χ0) is 59.2. The van der Waals surface area contributed by atoms with Crippen molar-refractivity contribution in [2.45, 2.75) is 316 Å². The summed E-state index contributed by atoms with van der Waals surface area (Å²) in [6.45, 7) is 6.49. The van der Waals surface area contributed by atoms with Crippen molar-refractivity contribution < 1.29 is 28.6 Å². The number of rotatable bonds is 61. The summed E-state index contributed by atoms with van der Waals surface area (Å²) in [5.74, 6) is -0.919. The number of unbranched alkanes of at least 4 members (excludes halogenated alkanes) is 28. The molecule has 6 heteroatoms. The Morgan fingerprint density at radius 3 is 0.768 bits per heavy atom. The predicted molar refractivity (Wildman–Crippen MR) is 357 cm³/mol. The molecular formula is C76H126O6. The first-order valence-electron chi connectivity index (χ1n) is 34.2. The van der Waals surface area contributed by atoms with E-state index in [1.54, 1.807) is 0 Å². The zero-order valence-electron chi connectivity index (χ0n) is 53.5. The van der Waals surface area contributed by atoms with Gasteiger partial charge in [-0.2, -0.15) is 0 Å². The van der Waals surface area contributed by atoms with Crippen molar-refractivity contribution in [3.63, 3.8) is 0 Å². The summed E-state index contributed by atoms with van der Waals surface area (Å²) in [6, 6.07) is 0. The highest BCUT2D eigenvalue weighted by Crippen LogP contribution is 2.15. The van der Waals surface area contributed by atoms with Gasteiger partial charge in [-0.3, -0.25) is 14.4 Å². The van der Waals surface area contributed by atoms with E-state index in [2.05, 4.69) is 154 Å². The van der Waals surface area contributed by atoms with Gasteiger partial charge in [0, 0.05) is 19.3 Å². The molecule has 1 atom stereocenters. The molecule has 0 amide bonds. The first kappa shape index (κ1) is 77.5. The van der Waals surface area contributed by atoms with Crippen molar-refractivity contribution in [3.05, 3.63) is 134 Å². The highest BCUT2D eigenvalue weighted by Gasteiger charge is 2.19. The van der Waals surface area contributed by atoms with E-state index in [4.69, 9.17) is 14.2 Å². The lowest BCUT2D eigenvalue weighted by atomic mass is 10.1. The van der Waals surface area contributed by atoms with E-state index >= 15 is 0 Å². The molecule has 0 spiro atoms. The summed E-state index contributed by atoms with van der Waals surface area (Å²) < 4.78 is 16.9. The quantitative estimate of drug-likeness (QED) is 0.0261. The molecule has 0 fully saturated rings. The first-order valence-corrected chi connectivity index (χ1v) is 34.2. The van der Waals surface area contributed by atoms with Gasteiger partial charge in [0.05, 0.1) is 0 Å². The summed E-state index contributed by atoms with van der Waals surface area (Å²) in [6.07, 6.45) is 97.4. The van der Waals surface area contributed by atoms with Crippen molar-refractivity contribution in [1.82, 2.24) is 0 Å². The number of carbonyl (C=O) groups excluding carboxylic acids is 3. The third-order valence-electron chi connectivity index (χ3n) is 14.4. The minimum absolute atomic E-state index is 0.0938. The minimum Gasteiger partial charge on any atom is -0.462 e. The number of allylic oxidation sites excluding steroid dienone is 22. The molecule has 0 saturated carbocycles. The molecule has 0 aliphatic heterocycles. The van der Waals surface area contributed by atoms with Crippen LogP contribution in [0.15, 0.2) is 134 Å². The van der Waals surface area contributed by atoms with Crippen molar-refractivity contribution in [3.8, 4) is 0 Å². The van der Waals surface area contributed by atoms with E-state index in [-0.39, 0.29) is 31.1 Å². The van der Waals surface area contributed by atoms with E-state index in [0.29, 0.717) is 19.3 Å². The largest absolute Gasteiger partial charge is 0.462 e. The van der Waals surface area contributed by atoms with Gasteiger partial charge in [0.25, 0.3) is 0 Å². The van der Waals surface area contributed by atoms with Crippen LogP contribution >= 0.6 is 0 Å². The lowest BCUT2D eigenvalue weighted by molar-refractivity contribution is -0.167. The van der Waals surface area contributed by atoms with Gasteiger partial charge in [-0.05, 0) is 141 Å². The van der Waals surface area contributed by atoms with Crippen LogP contribution in [-0.4, -0.2) is 37.2 Å². The fraction of sp³-hybridized carbons (Fsp3) is 0.671. The number of carbonyl (C=O) groups is 3. The monoisotopic (exact) mass is 1130 g/mol. The second-order valence-corrected chi connectivity index (χ2v) is 22.3. The Morgan fingerprint density at radius 2 is 0.476 bits per heavy atom. The number of ether oxygens (including phenoxy) is 3. The zero-order valence-corrected chi connectivity index (χ0v) is 53.5. The van der Waals surface area contributed by atoms with Crippen LogP contribution < -0.4 is 0 Å². The van der Waals surface area contributed by atoms with E-state index in [1.165, 1.54) is 122 Å². The molecule has 0 aromatic carbocycles. The van der Waals surface area contributed by atoms with Gasteiger partial charge in [0.15, 0.2) is 6.10 Å². The normalized spacial score (nSPS) is 13.0. The van der Waals surface area contributed by atoms with Crippen LogP contribution in [0.3, 0.4) is 0 Å². The van der Waals surface area contributed by atoms with Crippen LogP contribution in [0.25, 0.3) is 0 Å². The molecule has 0 rings (SSSR count). The van der Waals surface area contributed by atoms with Crippen LogP contribution in [0.1, 0.15) is 310 Å². The maximum atomic E-state index is 12.9. The topological polar surface area (TPSA) is 78.9 Å². The molecule has 0 aromatic rings. The molecule has 82 heavy (non-hydrogen) atoms. The Labute approximate surface area is 506 Å². The maximum Gasteiger partial charge on any atom is 0.306 e. The van der Waals surface area contributed by atoms with Crippen LogP contribution in [0.4, 0.5) is 0 Å². The minimum atomic E-state index is -0.798. The Bertz CT molecular complexity index is 1730. The van der Waals surface area contributed by atoms with Crippen molar-refractivity contribution in [2.24, 2.45) is 0 Å². The molecule has 0 aromatic heterocycles. The van der Waals surface area contributed by atoms with Gasteiger partial charge < -0.3 is 14.2 Å². The second-order valence-electron chi connectivity index (χ2n) is 22.3. The molecule has 0 N–H and O–H groups in total. The van der Waals surface area contributed by atoms with E-state index in [1.807, 2.05) is 0 Å². The van der Waals surface area contributed by atoms with Gasteiger partial charge in [0.2, 0.25) is 0 Å². The van der Waals surface area contributed by atoms with Crippen LogP contribution in [0, 0.1) is 0 Å².